The maximum atomic E-state index is 12.5. The van der Waals surface area contributed by atoms with Gasteiger partial charge in [-0.3, -0.25) is 9.59 Å². The van der Waals surface area contributed by atoms with Crippen molar-refractivity contribution in [1.82, 2.24) is 0 Å². The molecule has 9 nitrogen and oxygen atoms in total. The maximum Gasteiger partial charge on any atom is 0.238 e. The minimum atomic E-state index is -0.744. The average Bonchev–Trinajstić information content (AvgIpc) is 2.95. The van der Waals surface area contributed by atoms with E-state index < -0.39 is 16.9 Å². The zero-order valence-electron chi connectivity index (χ0n) is 24.6. The van der Waals surface area contributed by atoms with Gasteiger partial charge in [0.1, 0.15) is 50.7 Å². The molecule has 5 N–H and O–H groups in total. The zero-order valence-corrected chi connectivity index (χ0v) is 24.6. The van der Waals surface area contributed by atoms with Crippen molar-refractivity contribution in [2.45, 2.75) is 34.6 Å². The van der Waals surface area contributed by atoms with Gasteiger partial charge in [-0.25, -0.2) is 0 Å². The summed E-state index contributed by atoms with van der Waals surface area (Å²) in [4.78, 5) is 24.8. The lowest BCUT2D eigenvalue weighted by molar-refractivity contribution is 0.438. The molecule has 0 saturated heterocycles. The van der Waals surface area contributed by atoms with Crippen LogP contribution in [0.3, 0.4) is 0 Å². The number of hydrogen-bond donors (Lipinski definition) is 5. The van der Waals surface area contributed by atoms with Crippen LogP contribution in [-0.4, -0.2) is 25.5 Å². The molecule has 2 heterocycles. The third kappa shape index (κ3) is 5.31. The summed E-state index contributed by atoms with van der Waals surface area (Å²) in [5, 5.41) is 48.8. The predicted octanol–water partition coefficient (Wildman–Crippen LogP) is 6.99. The van der Waals surface area contributed by atoms with E-state index >= 15 is 0 Å². The number of fused-ring (bicyclic) bond motifs is 2. The first-order valence-electron chi connectivity index (χ1n) is 13.6. The largest absolute Gasteiger partial charge is 0.508 e. The summed E-state index contributed by atoms with van der Waals surface area (Å²) in [6.07, 6.45) is 0. The van der Waals surface area contributed by atoms with Crippen LogP contribution in [0.2, 0.25) is 0 Å². The van der Waals surface area contributed by atoms with Crippen molar-refractivity contribution in [3.05, 3.63) is 109 Å². The molecule has 0 radical (unpaired) electrons. The van der Waals surface area contributed by atoms with Crippen LogP contribution >= 0.6 is 0 Å². The van der Waals surface area contributed by atoms with Gasteiger partial charge in [0.05, 0.1) is 0 Å². The fraction of sp³-hybridized carbons (Fsp3) is 0.143. The number of phenolic OH excluding ortho intramolecular Hbond substituents is 4. The monoisotopic (exact) mass is 594 g/mol. The summed E-state index contributed by atoms with van der Waals surface area (Å²) in [5.41, 5.74) is 5.20. The second kappa shape index (κ2) is 11.2. The summed E-state index contributed by atoms with van der Waals surface area (Å²) in [7, 11) is 0. The zero-order chi connectivity index (χ0) is 32.0. The van der Waals surface area contributed by atoms with E-state index in [1.165, 1.54) is 12.1 Å². The number of hydrogen-bond acceptors (Lipinski definition) is 9. The van der Waals surface area contributed by atoms with Crippen molar-refractivity contribution in [3.63, 3.8) is 0 Å². The Morgan fingerprint density at radius 2 is 0.932 bits per heavy atom. The Balaban J connectivity index is 0.000000175. The first-order valence-corrected chi connectivity index (χ1v) is 13.6. The van der Waals surface area contributed by atoms with Crippen molar-refractivity contribution in [2.24, 2.45) is 0 Å². The number of aryl methyl sites for hydroxylation is 4. The maximum absolute atomic E-state index is 12.5. The van der Waals surface area contributed by atoms with Crippen LogP contribution in [-0.2, 0) is 0 Å². The molecule has 0 unspecified atom stereocenters. The van der Waals surface area contributed by atoms with Gasteiger partial charge in [0.25, 0.3) is 0 Å². The Kier molecular flexibility index (Phi) is 7.57. The summed E-state index contributed by atoms with van der Waals surface area (Å²) < 4.78 is 11.3. The van der Waals surface area contributed by atoms with Crippen LogP contribution in [0.4, 0.5) is 0 Å². The Hall–Kier alpha value is -5.70. The van der Waals surface area contributed by atoms with Gasteiger partial charge in [0, 0.05) is 41.0 Å². The third-order valence-electron chi connectivity index (χ3n) is 7.66. The molecule has 6 rings (SSSR count). The Labute approximate surface area is 251 Å². The normalized spacial score (nSPS) is 11.0. The average molecular weight is 595 g/mol. The van der Waals surface area contributed by atoms with E-state index in [0.717, 1.165) is 39.9 Å². The quantitative estimate of drug-likeness (QED) is 0.142. The minimum Gasteiger partial charge on any atom is -0.508 e. The smallest absolute Gasteiger partial charge is 0.238 e. The molecule has 4 aromatic carbocycles. The van der Waals surface area contributed by atoms with Crippen LogP contribution in [0.15, 0.2) is 79.1 Å². The van der Waals surface area contributed by atoms with E-state index in [1.807, 2.05) is 52.0 Å². The van der Waals surface area contributed by atoms with Crippen molar-refractivity contribution in [2.75, 3.05) is 0 Å². The highest BCUT2D eigenvalue weighted by atomic mass is 16.4. The molecule has 0 aliphatic rings. The van der Waals surface area contributed by atoms with Gasteiger partial charge in [-0.2, -0.15) is 0 Å². The van der Waals surface area contributed by atoms with Crippen molar-refractivity contribution in [3.8, 4) is 51.4 Å². The Bertz CT molecular complexity index is 2060. The molecular formula is C35H30O9. The molecule has 0 amide bonds. The Morgan fingerprint density at radius 3 is 1.41 bits per heavy atom. The summed E-state index contributed by atoms with van der Waals surface area (Å²) in [5.74, 6) is -1.22. The van der Waals surface area contributed by atoms with Crippen LogP contribution < -0.4 is 10.9 Å². The summed E-state index contributed by atoms with van der Waals surface area (Å²) in [6, 6.07) is 15.9. The molecule has 0 fully saturated rings. The predicted molar refractivity (Wildman–Crippen MR) is 168 cm³/mol. The second-order valence-electron chi connectivity index (χ2n) is 10.8. The Morgan fingerprint density at radius 1 is 0.500 bits per heavy atom. The number of phenols is 4. The molecule has 0 atom stereocenters. The molecule has 6 aromatic rings. The molecule has 9 heteroatoms. The van der Waals surface area contributed by atoms with E-state index in [9.17, 15) is 35.1 Å². The standard InChI is InChI=1S/C18H16O4.C17H14O5/c1-9-4-5-12(6-10(9)2)18-11(3)17(21)16-14(20)7-13(19)8-15(16)22-18;1-8-3-4-10(5-9(8)2)17-16(21)15(20)14-12(19)6-11(18)7-13(14)22-17/h4-8,19-20H,1-3H3;3-7,18-19,21H,1-2H3. The summed E-state index contributed by atoms with van der Waals surface area (Å²) in [6.45, 7) is 9.53. The van der Waals surface area contributed by atoms with Crippen LogP contribution in [0.5, 0.6) is 28.7 Å². The van der Waals surface area contributed by atoms with E-state index in [4.69, 9.17) is 8.83 Å². The lowest BCUT2D eigenvalue weighted by Crippen LogP contribution is -2.07. The lowest BCUT2D eigenvalue weighted by Gasteiger charge is -2.10. The van der Waals surface area contributed by atoms with Gasteiger partial charge in [0.2, 0.25) is 11.2 Å². The lowest BCUT2D eigenvalue weighted by atomic mass is 10.0. The molecule has 0 bridgehead atoms. The van der Waals surface area contributed by atoms with Gasteiger partial charge in [-0.1, -0.05) is 24.3 Å². The number of benzene rings is 4. The summed E-state index contributed by atoms with van der Waals surface area (Å²) >= 11 is 0. The highest BCUT2D eigenvalue weighted by Gasteiger charge is 2.19. The number of rotatable bonds is 2. The van der Waals surface area contributed by atoms with E-state index in [1.54, 1.807) is 19.1 Å². The minimum absolute atomic E-state index is 0.00519. The molecule has 2 aromatic heterocycles. The number of aromatic hydroxyl groups is 5. The fourth-order valence-electron chi connectivity index (χ4n) is 4.88. The van der Waals surface area contributed by atoms with Crippen molar-refractivity contribution < 1.29 is 34.4 Å². The molecule has 44 heavy (non-hydrogen) atoms. The van der Waals surface area contributed by atoms with Gasteiger partial charge in [0.15, 0.2) is 11.2 Å². The molecular weight excluding hydrogens is 564 g/mol. The van der Waals surface area contributed by atoms with E-state index in [0.29, 0.717) is 16.9 Å². The van der Waals surface area contributed by atoms with E-state index in [2.05, 4.69) is 0 Å². The van der Waals surface area contributed by atoms with Gasteiger partial charge in [-0.15, -0.1) is 0 Å². The SMILES string of the molecule is Cc1ccc(-c2oc3cc(O)cc(O)c3c(=O)c2C)cc1C.Cc1ccc(-c2oc3cc(O)cc(O)c3c(=O)c2O)cc1C. The molecule has 0 aliphatic heterocycles. The highest BCUT2D eigenvalue weighted by Crippen LogP contribution is 2.36. The molecule has 224 valence electrons. The van der Waals surface area contributed by atoms with Crippen molar-refractivity contribution in [1.29, 1.82) is 0 Å². The first kappa shape index (κ1) is 29.8. The highest BCUT2D eigenvalue weighted by molar-refractivity contribution is 5.88. The third-order valence-corrected chi connectivity index (χ3v) is 7.66. The van der Waals surface area contributed by atoms with Gasteiger partial charge in [-0.05, 0) is 69.0 Å². The molecule has 0 saturated carbocycles. The van der Waals surface area contributed by atoms with Crippen LogP contribution in [0, 0.1) is 34.6 Å². The van der Waals surface area contributed by atoms with E-state index in [-0.39, 0.29) is 50.4 Å². The van der Waals surface area contributed by atoms with Gasteiger partial charge >= 0.3 is 0 Å². The van der Waals surface area contributed by atoms with Crippen molar-refractivity contribution >= 4 is 21.9 Å². The second-order valence-corrected chi connectivity index (χ2v) is 10.8. The van der Waals surface area contributed by atoms with Crippen LogP contribution in [0.1, 0.15) is 27.8 Å². The van der Waals surface area contributed by atoms with Gasteiger partial charge < -0.3 is 34.4 Å². The molecule has 0 aliphatic carbocycles. The first-order chi connectivity index (χ1) is 20.8. The topological polar surface area (TPSA) is 162 Å². The molecule has 0 spiro atoms. The van der Waals surface area contributed by atoms with Crippen LogP contribution in [0.25, 0.3) is 44.6 Å². The fourth-order valence-corrected chi connectivity index (χ4v) is 4.88.